The van der Waals surface area contributed by atoms with Crippen LogP contribution in [0.5, 0.6) is 0 Å². The molecule has 0 unspecified atom stereocenters. The first kappa shape index (κ1) is 25.5. The van der Waals surface area contributed by atoms with Gasteiger partial charge in [0, 0.05) is 12.3 Å². The van der Waals surface area contributed by atoms with E-state index >= 15 is 0 Å². The minimum absolute atomic E-state index is 0.0608. The number of carbonyl (C=O) groups is 2. The van der Waals surface area contributed by atoms with Crippen LogP contribution in [0.3, 0.4) is 0 Å². The number of nitriles is 1. The van der Waals surface area contributed by atoms with Gasteiger partial charge in [0.15, 0.2) is 5.11 Å². The average Bonchev–Trinajstić information content (AvgIpc) is 3.46. The second-order valence-corrected chi connectivity index (χ2v) is 8.69. The van der Waals surface area contributed by atoms with Gasteiger partial charge >= 0.3 is 12.1 Å². The number of esters is 1. The molecule has 2 aliphatic rings. The monoisotopic (exact) mass is 521 g/mol. The molecule has 12 heteroatoms. The molecule has 2 aromatic rings. The molecule has 2 fully saturated rings. The summed E-state index contributed by atoms with van der Waals surface area (Å²) in [7, 11) is 0. The quantitative estimate of drug-likeness (QED) is 0.343. The molecule has 1 saturated carbocycles. The average molecular weight is 521 g/mol. The molecule has 2 aromatic carbocycles. The first-order valence-electron chi connectivity index (χ1n) is 10.9. The van der Waals surface area contributed by atoms with E-state index in [1.54, 1.807) is 0 Å². The topological polar surface area (TPSA) is 91.7 Å². The van der Waals surface area contributed by atoms with Crippen molar-refractivity contribution in [3.8, 4) is 6.07 Å². The van der Waals surface area contributed by atoms with Crippen molar-refractivity contribution in [1.29, 1.82) is 5.26 Å². The Labute approximate surface area is 208 Å². The van der Waals surface area contributed by atoms with E-state index in [-0.39, 0.29) is 34.8 Å². The number of nitrogens with zero attached hydrogens (tertiary/aromatic N) is 2. The zero-order valence-corrected chi connectivity index (χ0v) is 19.4. The number of ether oxygens (including phenoxy) is 2. The summed E-state index contributed by atoms with van der Waals surface area (Å²) in [5.74, 6) is -2.98. The zero-order chi connectivity index (χ0) is 26.0. The van der Waals surface area contributed by atoms with Crippen molar-refractivity contribution in [2.75, 3.05) is 23.4 Å². The lowest BCUT2D eigenvalue weighted by Crippen LogP contribution is -2.43. The first-order chi connectivity index (χ1) is 17.1. The fraction of sp³-hybridized carbons (Fsp3) is 0.333. The van der Waals surface area contributed by atoms with Crippen LogP contribution in [-0.4, -0.2) is 36.3 Å². The van der Waals surface area contributed by atoms with Gasteiger partial charge in [0.2, 0.25) is 5.91 Å². The number of alkyl halides is 3. The molecule has 1 aliphatic heterocycles. The first-order valence-corrected chi connectivity index (χ1v) is 11.3. The highest BCUT2D eigenvalue weighted by atomic mass is 32.1. The molecule has 1 saturated heterocycles. The van der Waals surface area contributed by atoms with Crippen molar-refractivity contribution in [2.45, 2.75) is 31.5 Å². The number of hydrogen-bond acceptors (Lipinski definition) is 6. The molecule has 1 amide bonds. The van der Waals surface area contributed by atoms with E-state index in [1.807, 2.05) is 0 Å². The number of benzene rings is 2. The van der Waals surface area contributed by atoms with Gasteiger partial charge < -0.3 is 14.8 Å². The summed E-state index contributed by atoms with van der Waals surface area (Å²) in [6, 6.07) is 7.76. The number of nitrogens with one attached hydrogen (secondary N) is 1. The Hall–Kier alpha value is -3.56. The Morgan fingerprint density at radius 3 is 2.50 bits per heavy atom. The number of amides is 1. The van der Waals surface area contributed by atoms with Crippen LogP contribution in [0.25, 0.3) is 0 Å². The molecule has 188 valence electrons. The maximum Gasteiger partial charge on any atom is 0.417 e. The molecule has 1 aliphatic carbocycles. The number of hydrogen-bond donors (Lipinski definition) is 1. The fourth-order valence-electron chi connectivity index (χ4n) is 3.60. The standard InChI is InChI=1S/C24H19F4N3O4S/c25-20-9-15(2-6-18(20)22(33)35-17-4-5-17)30-23(36)31(21(32)14-7-8-34-12-14)16-3-1-13(11-29)19(10-16)24(26,27)28/h1-3,6,9-10,14,17H,4-5,7-8,12H2,(H,30,36)/t14-/m0/s1. The highest BCUT2D eigenvalue weighted by molar-refractivity contribution is 7.80. The van der Waals surface area contributed by atoms with Gasteiger partial charge in [-0.2, -0.15) is 18.4 Å². The lowest BCUT2D eigenvalue weighted by atomic mass is 10.0. The van der Waals surface area contributed by atoms with Gasteiger partial charge in [0.1, 0.15) is 11.9 Å². The molecule has 0 bridgehead atoms. The summed E-state index contributed by atoms with van der Waals surface area (Å²) in [5, 5.41) is 11.4. The lowest BCUT2D eigenvalue weighted by molar-refractivity contribution is -0.137. The highest BCUT2D eigenvalue weighted by Gasteiger charge is 2.37. The third kappa shape index (κ3) is 5.63. The van der Waals surface area contributed by atoms with E-state index in [0.717, 1.165) is 29.9 Å². The number of rotatable bonds is 5. The van der Waals surface area contributed by atoms with Crippen LogP contribution in [0.2, 0.25) is 0 Å². The largest absolute Gasteiger partial charge is 0.459 e. The Balaban J connectivity index is 1.63. The number of anilines is 2. The lowest BCUT2D eigenvalue weighted by Gasteiger charge is -2.27. The van der Waals surface area contributed by atoms with Crippen LogP contribution in [-0.2, 0) is 20.4 Å². The molecule has 36 heavy (non-hydrogen) atoms. The van der Waals surface area contributed by atoms with Crippen molar-refractivity contribution in [1.82, 2.24) is 0 Å². The second-order valence-electron chi connectivity index (χ2n) is 8.30. The van der Waals surface area contributed by atoms with Gasteiger partial charge in [0.05, 0.1) is 41.0 Å². The molecule has 7 nitrogen and oxygen atoms in total. The van der Waals surface area contributed by atoms with Gasteiger partial charge in [-0.1, -0.05) is 0 Å². The summed E-state index contributed by atoms with van der Waals surface area (Å²) in [6.07, 6.45) is -3.27. The predicted molar refractivity (Wildman–Crippen MR) is 124 cm³/mol. The van der Waals surface area contributed by atoms with Crippen molar-refractivity contribution in [2.24, 2.45) is 5.92 Å². The van der Waals surface area contributed by atoms with Gasteiger partial charge in [0.25, 0.3) is 0 Å². The van der Waals surface area contributed by atoms with E-state index in [4.69, 9.17) is 27.0 Å². The molecule has 0 radical (unpaired) electrons. The Morgan fingerprint density at radius 1 is 1.17 bits per heavy atom. The van der Waals surface area contributed by atoms with Crippen LogP contribution < -0.4 is 10.2 Å². The number of carbonyl (C=O) groups excluding carboxylic acids is 2. The minimum atomic E-state index is -4.85. The maximum absolute atomic E-state index is 14.6. The molecular weight excluding hydrogens is 502 g/mol. The third-order valence-electron chi connectivity index (χ3n) is 5.63. The van der Waals surface area contributed by atoms with Crippen LogP contribution in [0, 0.1) is 23.1 Å². The summed E-state index contributed by atoms with van der Waals surface area (Å²) >= 11 is 5.33. The van der Waals surface area contributed by atoms with Crippen molar-refractivity contribution in [3.63, 3.8) is 0 Å². The Bertz CT molecular complexity index is 1250. The summed E-state index contributed by atoms with van der Waals surface area (Å²) in [5.41, 5.74) is -2.28. The number of thiocarbonyl (C=S) groups is 1. The van der Waals surface area contributed by atoms with Crippen molar-refractivity contribution in [3.05, 3.63) is 58.9 Å². The van der Waals surface area contributed by atoms with Crippen LogP contribution in [0.4, 0.5) is 28.9 Å². The molecule has 0 aromatic heterocycles. The van der Waals surface area contributed by atoms with E-state index in [9.17, 15) is 27.2 Å². The van der Waals surface area contributed by atoms with Gasteiger partial charge in [-0.25, -0.2) is 9.18 Å². The number of halogens is 4. The third-order valence-corrected chi connectivity index (χ3v) is 5.91. The van der Waals surface area contributed by atoms with E-state index in [0.29, 0.717) is 19.1 Å². The molecule has 4 rings (SSSR count). The molecule has 1 atom stereocenters. The predicted octanol–water partition coefficient (Wildman–Crippen LogP) is 4.80. The molecule has 0 spiro atoms. The zero-order valence-electron chi connectivity index (χ0n) is 18.6. The van der Waals surface area contributed by atoms with Gasteiger partial charge in [-0.05, 0) is 67.9 Å². The summed E-state index contributed by atoms with van der Waals surface area (Å²) in [4.78, 5) is 26.2. The van der Waals surface area contributed by atoms with Crippen LogP contribution in [0.1, 0.15) is 40.7 Å². The Morgan fingerprint density at radius 2 is 1.92 bits per heavy atom. The highest BCUT2D eigenvalue weighted by Crippen LogP contribution is 2.35. The smallest absolute Gasteiger partial charge is 0.417 e. The molecule has 1 heterocycles. The summed E-state index contributed by atoms with van der Waals surface area (Å²) in [6.45, 7) is 0.363. The molecule has 1 N–H and O–H groups in total. The van der Waals surface area contributed by atoms with E-state index < -0.39 is 40.9 Å². The van der Waals surface area contributed by atoms with Gasteiger partial charge in [-0.15, -0.1) is 0 Å². The Kier molecular flexibility index (Phi) is 7.23. The van der Waals surface area contributed by atoms with Crippen LogP contribution >= 0.6 is 12.2 Å². The van der Waals surface area contributed by atoms with Crippen molar-refractivity contribution < 1.29 is 36.6 Å². The SMILES string of the molecule is N#Cc1ccc(N(C(=O)[C@H]2CCOC2)C(=S)Nc2ccc(C(=O)OC3CC3)c(F)c2)cc1C(F)(F)F. The summed E-state index contributed by atoms with van der Waals surface area (Å²) < 4.78 is 65.6. The minimum Gasteiger partial charge on any atom is -0.459 e. The van der Waals surface area contributed by atoms with E-state index in [1.165, 1.54) is 24.3 Å². The maximum atomic E-state index is 14.6. The fourth-order valence-corrected chi connectivity index (χ4v) is 3.91. The second kappa shape index (κ2) is 10.2. The van der Waals surface area contributed by atoms with Crippen LogP contribution in [0.15, 0.2) is 36.4 Å². The van der Waals surface area contributed by atoms with E-state index in [2.05, 4.69) is 5.32 Å². The van der Waals surface area contributed by atoms with Crippen molar-refractivity contribution >= 4 is 40.6 Å². The normalized spacial score (nSPS) is 17.2. The molecular formula is C24H19F4N3O4S. The van der Waals surface area contributed by atoms with Gasteiger partial charge in [-0.3, -0.25) is 9.69 Å².